The van der Waals surface area contributed by atoms with Crippen LogP contribution in [0.5, 0.6) is 0 Å². The van der Waals surface area contributed by atoms with E-state index >= 15 is 0 Å². The largest absolute Gasteiger partial charge is 0.466 e. The Morgan fingerprint density at radius 3 is 2.59 bits per heavy atom. The molecule has 0 aromatic rings. The second-order valence-corrected chi connectivity index (χ2v) is 8.17. The third kappa shape index (κ3) is 13.5. The molecule has 0 aliphatic carbocycles. The van der Waals surface area contributed by atoms with Crippen LogP contribution in [0, 0.1) is 0 Å². The van der Waals surface area contributed by atoms with E-state index in [0.717, 1.165) is 38.5 Å². The first-order chi connectivity index (χ1) is 13.1. The highest BCUT2D eigenvalue weighted by molar-refractivity contribution is 5.72. The van der Waals surface area contributed by atoms with Gasteiger partial charge in [-0.1, -0.05) is 58.3 Å². The van der Waals surface area contributed by atoms with Crippen molar-refractivity contribution < 1.29 is 14.5 Å². The molecule has 0 fully saturated rings. The van der Waals surface area contributed by atoms with Gasteiger partial charge in [-0.3, -0.25) is 20.8 Å². The van der Waals surface area contributed by atoms with Crippen molar-refractivity contribution in [3.05, 3.63) is 0 Å². The summed E-state index contributed by atoms with van der Waals surface area (Å²) >= 11 is 0. The number of ether oxygens (including phenoxy) is 1. The van der Waals surface area contributed by atoms with Gasteiger partial charge < -0.3 is 4.74 Å². The van der Waals surface area contributed by atoms with Crippen LogP contribution in [0.2, 0.25) is 0 Å². The second kappa shape index (κ2) is 15.8. The van der Waals surface area contributed by atoms with Gasteiger partial charge in [0.05, 0.1) is 18.7 Å². The maximum atomic E-state index is 11.7. The molecule has 0 aromatic carbocycles. The molecule has 2 atom stereocenters. The minimum Gasteiger partial charge on any atom is -0.466 e. The monoisotopic (exact) mass is 382 g/mol. The van der Waals surface area contributed by atoms with E-state index in [1.54, 1.807) is 0 Å². The number of rotatable bonds is 11. The molecule has 1 aliphatic rings. The van der Waals surface area contributed by atoms with E-state index in [1.807, 2.05) is 0 Å². The number of carbonyl (C=O) groups excluding carboxylic acids is 1. The maximum Gasteiger partial charge on any atom is 0.341 e. The fourth-order valence-corrected chi connectivity index (χ4v) is 3.71. The molecule has 0 radical (unpaired) electrons. The molecule has 0 saturated heterocycles. The molecule has 0 unspecified atom stereocenters. The van der Waals surface area contributed by atoms with Crippen LogP contribution in [0.4, 0.5) is 0 Å². The molecule has 0 saturated carbocycles. The molecule has 0 bridgehead atoms. The van der Waals surface area contributed by atoms with E-state index in [4.69, 9.17) is 10.5 Å². The Balaban J connectivity index is 2.17. The molecule has 27 heavy (non-hydrogen) atoms. The standard InChI is InChI=1S/C22H43N3O2/c1-3-4-5-6-11-17-21(26)27-18-13-12-16-20-15-10-8-7-9-14-19(2)24-22(23)25-20/h19-20H,3-18H2,1-2H3,(H3,23,24,25)/p+1/t19-,20-/m1/s1. The van der Waals surface area contributed by atoms with Gasteiger partial charge in [0.1, 0.15) is 0 Å². The molecule has 158 valence electrons. The lowest BCUT2D eigenvalue weighted by Gasteiger charge is -2.13. The number of nitrogens with two attached hydrogens (primary N) is 1. The van der Waals surface area contributed by atoms with Crippen molar-refractivity contribution in [1.29, 1.82) is 0 Å². The summed E-state index contributed by atoms with van der Waals surface area (Å²) in [5.74, 6) is 0.680. The fourth-order valence-electron chi connectivity index (χ4n) is 3.71. The van der Waals surface area contributed by atoms with Crippen LogP contribution in [0.15, 0.2) is 0 Å². The smallest absolute Gasteiger partial charge is 0.341 e. The molecule has 0 amide bonds. The molecular weight excluding hydrogens is 338 g/mol. The van der Waals surface area contributed by atoms with Gasteiger partial charge in [0.2, 0.25) is 0 Å². The minimum absolute atomic E-state index is 0.0321. The number of unbranched alkanes of at least 4 members (excludes halogenated alkanes) is 5. The van der Waals surface area contributed by atoms with Gasteiger partial charge in [0.25, 0.3) is 0 Å². The van der Waals surface area contributed by atoms with Crippen molar-refractivity contribution in [2.45, 2.75) is 122 Å². The van der Waals surface area contributed by atoms with Gasteiger partial charge >= 0.3 is 11.9 Å². The lowest BCUT2D eigenvalue weighted by atomic mass is 10.0. The van der Waals surface area contributed by atoms with E-state index in [2.05, 4.69) is 24.2 Å². The van der Waals surface area contributed by atoms with E-state index < -0.39 is 0 Å². The third-order valence-corrected chi connectivity index (χ3v) is 5.40. The van der Waals surface area contributed by atoms with Gasteiger partial charge in [-0.2, -0.15) is 0 Å². The Kier molecular flexibility index (Phi) is 13.9. The summed E-state index contributed by atoms with van der Waals surface area (Å²) in [5.41, 5.74) is 6.13. The first kappa shape index (κ1) is 23.8. The number of esters is 1. The summed E-state index contributed by atoms with van der Waals surface area (Å²) in [6.07, 6.45) is 17.0. The number of hydrogen-bond donors (Lipinski definition) is 3. The van der Waals surface area contributed by atoms with Crippen LogP contribution in [0.1, 0.15) is 110 Å². The molecule has 1 aliphatic heterocycles. The highest BCUT2D eigenvalue weighted by Crippen LogP contribution is 2.11. The summed E-state index contributed by atoms with van der Waals surface area (Å²) in [6, 6.07) is 0.842. The van der Waals surface area contributed by atoms with Crippen LogP contribution in [0.25, 0.3) is 0 Å². The first-order valence-corrected chi connectivity index (χ1v) is 11.4. The van der Waals surface area contributed by atoms with Crippen molar-refractivity contribution in [2.24, 2.45) is 5.73 Å². The summed E-state index contributed by atoms with van der Waals surface area (Å²) in [5, 5.41) is 3.37. The highest BCUT2D eigenvalue weighted by Gasteiger charge is 2.14. The quantitative estimate of drug-likeness (QED) is 0.379. The van der Waals surface area contributed by atoms with Gasteiger partial charge in [0, 0.05) is 6.42 Å². The Morgan fingerprint density at radius 2 is 1.81 bits per heavy atom. The Bertz CT molecular complexity index is 412. The van der Waals surface area contributed by atoms with Crippen LogP contribution in [-0.2, 0) is 9.53 Å². The Hall–Kier alpha value is -1.26. The molecule has 5 nitrogen and oxygen atoms in total. The summed E-state index contributed by atoms with van der Waals surface area (Å²) < 4.78 is 5.37. The minimum atomic E-state index is -0.0321. The fraction of sp³-hybridized carbons (Fsp3) is 0.909. The first-order valence-electron chi connectivity index (χ1n) is 11.4. The second-order valence-electron chi connectivity index (χ2n) is 8.17. The van der Waals surface area contributed by atoms with Crippen molar-refractivity contribution in [2.75, 3.05) is 6.61 Å². The summed E-state index contributed by atoms with van der Waals surface area (Å²) in [6.45, 7) is 4.95. The molecule has 0 spiro atoms. The van der Waals surface area contributed by atoms with Gasteiger partial charge in [-0.05, 0) is 45.4 Å². The zero-order chi connectivity index (χ0) is 19.7. The van der Waals surface area contributed by atoms with Crippen molar-refractivity contribution >= 4 is 11.9 Å². The number of guanidine groups is 1. The van der Waals surface area contributed by atoms with Crippen molar-refractivity contribution in [3.63, 3.8) is 0 Å². The van der Waals surface area contributed by atoms with E-state index in [1.165, 1.54) is 51.4 Å². The molecule has 4 N–H and O–H groups in total. The third-order valence-electron chi connectivity index (χ3n) is 5.40. The van der Waals surface area contributed by atoms with E-state index in [0.29, 0.717) is 31.1 Å². The summed E-state index contributed by atoms with van der Waals surface area (Å²) in [7, 11) is 0. The van der Waals surface area contributed by atoms with Gasteiger partial charge in [-0.15, -0.1) is 0 Å². The van der Waals surface area contributed by atoms with E-state index in [-0.39, 0.29) is 5.97 Å². The Morgan fingerprint density at radius 1 is 1.07 bits per heavy atom. The molecular formula is C22H44N3O2+. The van der Waals surface area contributed by atoms with Crippen LogP contribution >= 0.6 is 0 Å². The van der Waals surface area contributed by atoms with Gasteiger partial charge in [-0.25, -0.2) is 0 Å². The molecule has 1 heterocycles. The molecule has 0 aromatic heterocycles. The molecule has 1 rings (SSSR count). The maximum absolute atomic E-state index is 11.7. The lowest BCUT2D eigenvalue weighted by molar-refractivity contribution is -0.508. The number of nitrogens with one attached hydrogen (secondary N) is 2. The van der Waals surface area contributed by atoms with Crippen LogP contribution < -0.4 is 16.0 Å². The SMILES string of the molecule is CCCCCCCC(=O)OCCCC[C@H]1CCCCCC[C@@H](C)NC(N)=[NH+]1. The predicted molar refractivity (Wildman–Crippen MR) is 112 cm³/mol. The zero-order valence-corrected chi connectivity index (χ0v) is 17.9. The summed E-state index contributed by atoms with van der Waals surface area (Å²) in [4.78, 5) is 15.2. The zero-order valence-electron chi connectivity index (χ0n) is 17.9. The Labute approximate surface area is 166 Å². The number of carbonyl (C=O) groups is 1. The average Bonchev–Trinajstić information content (AvgIpc) is 2.66. The van der Waals surface area contributed by atoms with Crippen LogP contribution in [0.3, 0.4) is 0 Å². The normalized spacial score (nSPS) is 21.6. The highest BCUT2D eigenvalue weighted by atomic mass is 16.5. The van der Waals surface area contributed by atoms with Crippen molar-refractivity contribution in [1.82, 2.24) is 5.32 Å². The average molecular weight is 383 g/mol. The van der Waals surface area contributed by atoms with Crippen molar-refractivity contribution in [3.8, 4) is 0 Å². The van der Waals surface area contributed by atoms with E-state index in [9.17, 15) is 4.79 Å². The van der Waals surface area contributed by atoms with Gasteiger partial charge in [0.15, 0.2) is 0 Å². The predicted octanol–water partition coefficient (Wildman–Crippen LogP) is 3.16. The number of hydrogen-bond acceptors (Lipinski definition) is 4. The lowest BCUT2D eigenvalue weighted by Crippen LogP contribution is -2.84. The van der Waals surface area contributed by atoms with Crippen LogP contribution in [-0.4, -0.2) is 30.6 Å². The molecule has 5 heteroatoms. The topological polar surface area (TPSA) is 78.3 Å².